The second kappa shape index (κ2) is 11.4. The molecule has 0 atom stereocenters. The highest BCUT2D eigenvalue weighted by molar-refractivity contribution is 6.06. The number of carbonyl (C=O) groups is 2. The lowest BCUT2D eigenvalue weighted by molar-refractivity contribution is -0.117. The number of nitrogens with zero attached hydrogens (tertiary/aromatic N) is 1. The van der Waals surface area contributed by atoms with E-state index in [0.29, 0.717) is 33.9 Å². The Labute approximate surface area is 196 Å². The van der Waals surface area contributed by atoms with Gasteiger partial charge >= 0.3 is 0 Å². The number of methoxy groups -OCH3 is 2. The summed E-state index contributed by atoms with van der Waals surface area (Å²) in [5.74, 6) is -0.472. The normalized spacial score (nSPS) is 11.5. The van der Waals surface area contributed by atoms with Gasteiger partial charge in [0.25, 0.3) is 11.8 Å². The molecule has 0 heterocycles. The van der Waals surface area contributed by atoms with Crippen molar-refractivity contribution >= 4 is 23.6 Å². The Balaban J connectivity index is 1.89. The predicted molar refractivity (Wildman–Crippen MR) is 128 cm³/mol. The van der Waals surface area contributed by atoms with Crippen molar-refractivity contribution in [3.8, 4) is 11.5 Å². The monoisotopic (exact) mass is 461 g/mol. The number of benzene rings is 3. The second-order valence-corrected chi connectivity index (χ2v) is 7.14. The minimum Gasteiger partial charge on any atom is -0.493 e. The van der Waals surface area contributed by atoms with E-state index in [4.69, 9.17) is 9.47 Å². The number of hydrogen-bond donors (Lipinski definition) is 2. The molecule has 0 aliphatic rings. The maximum Gasteiger partial charge on any atom is 0.287 e. The maximum atomic E-state index is 13.2. The van der Waals surface area contributed by atoms with Gasteiger partial charge in [0.15, 0.2) is 11.5 Å². The summed E-state index contributed by atoms with van der Waals surface area (Å²) in [6, 6.07) is 19.3. The average molecular weight is 461 g/mol. The van der Waals surface area contributed by atoms with Crippen molar-refractivity contribution in [2.24, 2.45) is 5.10 Å². The van der Waals surface area contributed by atoms with Crippen molar-refractivity contribution in [2.45, 2.75) is 6.92 Å². The summed E-state index contributed by atoms with van der Waals surface area (Å²) in [5.41, 5.74) is 4.50. The Bertz CT molecular complexity index is 1220. The van der Waals surface area contributed by atoms with Crippen molar-refractivity contribution in [1.29, 1.82) is 0 Å². The fourth-order valence-corrected chi connectivity index (χ4v) is 3.00. The van der Waals surface area contributed by atoms with Crippen molar-refractivity contribution < 1.29 is 23.5 Å². The Morgan fingerprint density at radius 3 is 2.21 bits per heavy atom. The molecule has 3 rings (SSSR count). The third kappa shape index (κ3) is 6.29. The lowest BCUT2D eigenvalue weighted by Gasteiger charge is -2.11. The van der Waals surface area contributed by atoms with Gasteiger partial charge < -0.3 is 14.8 Å². The molecular weight excluding hydrogens is 437 g/mol. The lowest BCUT2D eigenvalue weighted by Crippen LogP contribution is -2.33. The lowest BCUT2D eigenvalue weighted by atomic mass is 10.1. The van der Waals surface area contributed by atoms with E-state index in [1.165, 1.54) is 32.4 Å². The SMILES string of the molecule is COc1ccc(/C=C(/NC(=O)c2ccccc2)C(=O)N/N=C(/C)c2ccc(F)cc2)cc1OC. The molecule has 174 valence electrons. The third-order valence-corrected chi connectivity index (χ3v) is 4.83. The van der Waals surface area contributed by atoms with Crippen LogP contribution in [0, 0.1) is 5.82 Å². The number of hydrazone groups is 1. The third-order valence-electron chi connectivity index (χ3n) is 4.83. The number of hydrogen-bond acceptors (Lipinski definition) is 5. The highest BCUT2D eigenvalue weighted by Gasteiger charge is 2.15. The van der Waals surface area contributed by atoms with Crippen LogP contribution < -0.4 is 20.2 Å². The van der Waals surface area contributed by atoms with Crippen LogP contribution in [0.5, 0.6) is 11.5 Å². The second-order valence-electron chi connectivity index (χ2n) is 7.14. The van der Waals surface area contributed by atoms with Crippen LogP contribution >= 0.6 is 0 Å². The molecule has 34 heavy (non-hydrogen) atoms. The van der Waals surface area contributed by atoms with Crippen LogP contribution in [0.15, 0.2) is 83.6 Å². The first kappa shape index (κ1) is 24.2. The summed E-state index contributed by atoms with van der Waals surface area (Å²) in [6.45, 7) is 1.67. The van der Waals surface area contributed by atoms with Crippen LogP contribution in [0.2, 0.25) is 0 Å². The largest absolute Gasteiger partial charge is 0.493 e. The van der Waals surface area contributed by atoms with E-state index in [9.17, 15) is 14.0 Å². The summed E-state index contributed by atoms with van der Waals surface area (Å²) in [6.07, 6.45) is 1.50. The van der Waals surface area contributed by atoms with Gasteiger partial charge in [-0.05, 0) is 60.5 Å². The van der Waals surface area contributed by atoms with Gasteiger partial charge in [-0.15, -0.1) is 0 Å². The summed E-state index contributed by atoms with van der Waals surface area (Å²) >= 11 is 0. The first-order valence-electron chi connectivity index (χ1n) is 10.3. The molecule has 3 aromatic rings. The topological polar surface area (TPSA) is 89.0 Å². The quantitative estimate of drug-likeness (QED) is 0.300. The van der Waals surface area contributed by atoms with Crippen molar-refractivity contribution in [3.05, 3.63) is 101 Å². The van der Waals surface area contributed by atoms with Crippen LogP contribution in [0.25, 0.3) is 6.08 Å². The molecule has 2 N–H and O–H groups in total. The Kier molecular flexibility index (Phi) is 8.12. The van der Waals surface area contributed by atoms with E-state index < -0.39 is 11.8 Å². The van der Waals surface area contributed by atoms with Crippen LogP contribution in [0.3, 0.4) is 0 Å². The number of carbonyl (C=O) groups excluding carboxylic acids is 2. The van der Waals surface area contributed by atoms with E-state index in [1.807, 2.05) is 0 Å². The minimum absolute atomic E-state index is 0.0308. The first-order valence-corrected chi connectivity index (χ1v) is 10.3. The summed E-state index contributed by atoms with van der Waals surface area (Å²) in [5, 5.41) is 6.72. The smallest absolute Gasteiger partial charge is 0.287 e. The fourth-order valence-electron chi connectivity index (χ4n) is 3.00. The van der Waals surface area contributed by atoms with Crippen molar-refractivity contribution in [3.63, 3.8) is 0 Å². The predicted octanol–water partition coefficient (Wildman–Crippen LogP) is 4.15. The summed E-state index contributed by atoms with van der Waals surface area (Å²) in [7, 11) is 3.02. The van der Waals surface area contributed by atoms with Crippen molar-refractivity contribution in [1.82, 2.24) is 10.7 Å². The Hall–Kier alpha value is -4.46. The molecule has 2 amide bonds. The first-order chi connectivity index (χ1) is 16.4. The molecule has 0 aliphatic heterocycles. The standard InChI is InChI=1S/C26H24FN3O4/c1-17(19-10-12-21(27)13-11-19)29-30-26(32)22(28-25(31)20-7-5-4-6-8-20)15-18-9-14-23(33-2)24(16-18)34-3/h4-16H,1-3H3,(H,28,31)(H,30,32)/b22-15+,29-17-. The number of ether oxygens (including phenoxy) is 2. The van der Waals surface area contributed by atoms with Gasteiger partial charge in [-0.3, -0.25) is 9.59 Å². The van der Waals surface area contributed by atoms with Crippen LogP contribution in [-0.2, 0) is 4.79 Å². The summed E-state index contributed by atoms with van der Waals surface area (Å²) < 4.78 is 23.7. The number of amides is 2. The van der Waals surface area contributed by atoms with E-state index >= 15 is 0 Å². The van der Waals surface area contributed by atoms with Gasteiger partial charge in [-0.1, -0.05) is 36.4 Å². The molecule has 0 fully saturated rings. The van der Waals surface area contributed by atoms with Crippen LogP contribution in [0.4, 0.5) is 4.39 Å². The van der Waals surface area contributed by atoms with Gasteiger partial charge in [-0.25, -0.2) is 9.82 Å². The zero-order chi connectivity index (χ0) is 24.5. The van der Waals surface area contributed by atoms with Gasteiger partial charge in [-0.2, -0.15) is 5.10 Å². The zero-order valence-corrected chi connectivity index (χ0v) is 19.0. The van der Waals surface area contributed by atoms with Crippen molar-refractivity contribution in [2.75, 3.05) is 14.2 Å². The van der Waals surface area contributed by atoms with Crippen LogP contribution in [0.1, 0.15) is 28.4 Å². The van der Waals surface area contributed by atoms with Gasteiger partial charge in [0, 0.05) is 5.56 Å². The van der Waals surface area contributed by atoms with Crippen LogP contribution in [-0.4, -0.2) is 31.7 Å². The number of rotatable bonds is 8. The molecule has 3 aromatic carbocycles. The Morgan fingerprint density at radius 1 is 0.882 bits per heavy atom. The number of nitrogens with one attached hydrogen (secondary N) is 2. The molecule has 7 nitrogen and oxygen atoms in total. The fraction of sp³-hybridized carbons (Fsp3) is 0.115. The molecule has 8 heteroatoms. The average Bonchev–Trinajstić information content (AvgIpc) is 2.87. The minimum atomic E-state index is -0.638. The Morgan fingerprint density at radius 2 is 1.56 bits per heavy atom. The molecular formula is C26H24FN3O4. The molecule has 0 spiro atoms. The zero-order valence-electron chi connectivity index (χ0n) is 19.0. The molecule has 0 bridgehead atoms. The van der Waals surface area contributed by atoms with Gasteiger partial charge in [0.1, 0.15) is 11.5 Å². The molecule has 0 unspecified atom stereocenters. The van der Waals surface area contributed by atoms with E-state index in [0.717, 1.165) is 0 Å². The molecule has 0 aliphatic carbocycles. The van der Waals surface area contributed by atoms with E-state index in [2.05, 4.69) is 15.8 Å². The highest BCUT2D eigenvalue weighted by Crippen LogP contribution is 2.28. The molecule has 0 saturated carbocycles. The molecule has 0 aromatic heterocycles. The van der Waals surface area contributed by atoms with E-state index in [-0.39, 0.29) is 11.5 Å². The number of halogens is 1. The molecule has 0 radical (unpaired) electrons. The van der Waals surface area contributed by atoms with E-state index in [1.54, 1.807) is 67.6 Å². The van der Waals surface area contributed by atoms with Gasteiger partial charge in [0.05, 0.1) is 19.9 Å². The van der Waals surface area contributed by atoms with Gasteiger partial charge in [0.2, 0.25) is 0 Å². The maximum absolute atomic E-state index is 13.2. The summed E-state index contributed by atoms with van der Waals surface area (Å²) in [4.78, 5) is 25.7. The molecule has 0 saturated heterocycles. The highest BCUT2D eigenvalue weighted by atomic mass is 19.1.